The Morgan fingerprint density at radius 2 is 2.00 bits per heavy atom. The van der Waals surface area contributed by atoms with Crippen LogP contribution in [0.1, 0.15) is 37.9 Å². The molecule has 3 heteroatoms. The topological polar surface area (TPSA) is 36.4 Å². The minimum Gasteiger partial charge on any atom is -0.396 e. The van der Waals surface area contributed by atoms with Crippen LogP contribution in [-0.4, -0.2) is 41.7 Å². The van der Waals surface area contributed by atoms with Crippen LogP contribution >= 0.6 is 0 Å². The monoisotopic (exact) mass is 262 g/mol. The average Bonchev–Trinajstić information content (AvgIpc) is 2.41. The summed E-state index contributed by atoms with van der Waals surface area (Å²) in [6.07, 6.45) is 5.01. The third-order valence-corrected chi connectivity index (χ3v) is 4.72. The van der Waals surface area contributed by atoms with Crippen molar-refractivity contribution < 1.29 is 5.11 Å². The quantitative estimate of drug-likeness (QED) is 0.904. The molecule has 0 spiro atoms. The van der Waals surface area contributed by atoms with Gasteiger partial charge in [0.15, 0.2) is 0 Å². The Balaban J connectivity index is 2.24. The summed E-state index contributed by atoms with van der Waals surface area (Å²) in [6, 6.07) is 4.30. The molecule has 0 atom stereocenters. The molecular formula is C16H26N2O. The molecule has 0 unspecified atom stereocenters. The van der Waals surface area contributed by atoms with E-state index in [4.69, 9.17) is 10.1 Å². The van der Waals surface area contributed by atoms with Gasteiger partial charge in [0, 0.05) is 23.9 Å². The molecule has 1 aromatic rings. The zero-order valence-electron chi connectivity index (χ0n) is 12.4. The van der Waals surface area contributed by atoms with E-state index in [-0.39, 0.29) is 12.0 Å². The SMILES string of the molecule is CC(C)C1(c2ccc(CCO)cn2)CCN(C)CC1. The van der Waals surface area contributed by atoms with E-state index in [1.165, 1.54) is 18.5 Å². The number of aliphatic hydroxyl groups excluding tert-OH is 1. The second-order valence-corrected chi connectivity index (χ2v) is 6.14. The number of likely N-dealkylation sites (tertiary alicyclic amines) is 1. The number of hydrogen-bond donors (Lipinski definition) is 1. The van der Waals surface area contributed by atoms with E-state index >= 15 is 0 Å². The molecule has 1 saturated heterocycles. The summed E-state index contributed by atoms with van der Waals surface area (Å²) in [5.41, 5.74) is 2.58. The van der Waals surface area contributed by atoms with E-state index in [0.29, 0.717) is 12.3 Å². The van der Waals surface area contributed by atoms with Crippen molar-refractivity contribution in [2.24, 2.45) is 5.92 Å². The summed E-state index contributed by atoms with van der Waals surface area (Å²) in [6.45, 7) is 7.13. The lowest BCUT2D eigenvalue weighted by Crippen LogP contribution is -2.44. The molecule has 0 radical (unpaired) electrons. The summed E-state index contributed by atoms with van der Waals surface area (Å²) in [5, 5.41) is 8.97. The highest BCUT2D eigenvalue weighted by atomic mass is 16.2. The van der Waals surface area contributed by atoms with Gasteiger partial charge in [-0.25, -0.2) is 0 Å². The molecule has 106 valence electrons. The molecule has 0 amide bonds. The van der Waals surface area contributed by atoms with Crippen molar-refractivity contribution >= 4 is 0 Å². The third kappa shape index (κ3) is 2.98. The third-order valence-electron chi connectivity index (χ3n) is 4.72. The van der Waals surface area contributed by atoms with E-state index < -0.39 is 0 Å². The fraction of sp³-hybridized carbons (Fsp3) is 0.688. The Kier molecular flexibility index (Phi) is 4.58. The molecular weight excluding hydrogens is 236 g/mol. The molecule has 1 aromatic heterocycles. The van der Waals surface area contributed by atoms with Crippen LogP contribution < -0.4 is 0 Å². The van der Waals surface area contributed by atoms with Crippen LogP contribution in [0.3, 0.4) is 0 Å². The van der Waals surface area contributed by atoms with Crippen molar-refractivity contribution in [3.05, 3.63) is 29.6 Å². The minimum atomic E-state index is 0.196. The number of pyridine rings is 1. The van der Waals surface area contributed by atoms with Crippen LogP contribution in [0.25, 0.3) is 0 Å². The molecule has 3 nitrogen and oxygen atoms in total. The summed E-state index contributed by atoms with van der Waals surface area (Å²) in [4.78, 5) is 7.11. The first-order chi connectivity index (χ1) is 9.08. The highest BCUT2D eigenvalue weighted by Crippen LogP contribution is 2.40. The average molecular weight is 262 g/mol. The smallest absolute Gasteiger partial charge is 0.0472 e. The van der Waals surface area contributed by atoms with Crippen molar-refractivity contribution in [3.63, 3.8) is 0 Å². The number of rotatable bonds is 4. The van der Waals surface area contributed by atoms with Gasteiger partial charge in [-0.2, -0.15) is 0 Å². The van der Waals surface area contributed by atoms with Gasteiger partial charge in [-0.1, -0.05) is 19.9 Å². The van der Waals surface area contributed by atoms with E-state index in [2.05, 4.69) is 37.9 Å². The zero-order valence-corrected chi connectivity index (χ0v) is 12.4. The minimum absolute atomic E-state index is 0.196. The normalized spacial score (nSPS) is 19.8. The zero-order chi connectivity index (χ0) is 13.9. The fourth-order valence-electron chi connectivity index (χ4n) is 3.14. The maximum absolute atomic E-state index is 8.97. The van der Waals surface area contributed by atoms with Crippen LogP contribution in [-0.2, 0) is 11.8 Å². The molecule has 0 aliphatic carbocycles. The number of aromatic nitrogens is 1. The molecule has 2 rings (SSSR count). The van der Waals surface area contributed by atoms with Crippen molar-refractivity contribution in [1.29, 1.82) is 0 Å². The maximum Gasteiger partial charge on any atom is 0.0472 e. The second-order valence-electron chi connectivity index (χ2n) is 6.14. The second kappa shape index (κ2) is 6.02. The first kappa shape index (κ1) is 14.5. The molecule has 0 bridgehead atoms. The van der Waals surface area contributed by atoms with Gasteiger partial charge in [-0.15, -0.1) is 0 Å². The van der Waals surface area contributed by atoms with Crippen molar-refractivity contribution in [2.45, 2.75) is 38.5 Å². The molecule has 1 fully saturated rings. The predicted molar refractivity (Wildman–Crippen MR) is 78.3 cm³/mol. The molecule has 1 aliphatic rings. The highest BCUT2D eigenvalue weighted by molar-refractivity contribution is 5.23. The molecule has 1 aliphatic heterocycles. The van der Waals surface area contributed by atoms with Gasteiger partial charge in [0.1, 0.15) is 0 Å². The predicted octanol–water partition coefficient (Wildman–Crippen LogP) is 2.24. The Bertz CT molecular complexity index is 392. The molecule has 0 aromatic carbocycles. The van der Waals surface area contributed by atoms with Gasteiger partial charge >= 0.3 is 0 Å². The van der Waals surface area contributed by atoms with Gasteiger partial charge in [0.2, 0.25) is 0 Å². The van der Waals surface area contributed by atoms with Gasteiger partial charge in [-0.05, 0) is 56.9 Å². The first-order valence-corrected chi connectivity index (χ1v) is 7.33. The van der Waals surface area contributed by atoms with Gasteiger partial charge < -0.3 is 10.0 Å². The lowest BCUT2D eigenvalue weighted by Gasteiger charge is -2.43. The van der Waals surface area contributed by atoms with Crippen molar-refractivity contribution in [2.75, 3.05) is 26.7 Å². The highest BCUT2D eigenvalue weighted by Gasteiger charge is 2.39. The standard InChI is InChI=1S/C16H26N2O/c1-13(2)16(7-9-18(3)10-8-16)15-5-4-14(6-11-19)12-17-15/h4-5,12-13,19H,6-11H2,1-3H3. The number of hydrogen-bond acceptors (Lipinski definition) is 3. The van der Waals surface area contributed by atoms with Crippen LogP contribution in [0.5, 0.6) is 0 Å². The lowest BCUT2D eigenvalue weighted by atomic mass is 9.67. The number of aliphatic hydroxyl groups is 1. The summed E-state index contributed by atoms with van der Waals surface area (Å²) >= 11 is 0. The van der Waals surface area contributed by atoms with E-state index in [9.17, 15) is 0 Å². The summed E-state index contributed by atoms with van der Waals surface area (Å²) < 4.78 is 0. The molecule has 0 saturated carbocycles. The first-order valence-electron chi connectivity index (χ1n) is 7.33. The van der Waals surface area contributed by atoms with Gasteiger partial charge in [0.25, 0.3) is 0 Å². The summed E-state index contributed by atoms with van der Waals surface area (Å²) in [7, 11) is 2.20. The Morgan fingerprint density at radius 3 is 2.47 bits per heavy atom. The molecule has 19 heavy (non-hydrogen) atoms. The molecule has 2 heterocycles. The maximum atomic E-state index is 8.97. The van der Waals surface area contributed by atoms with Crippen molar-refractivity contribution in [1.82, 2.24) is 9.88 Å². The summed E-state index contributed by atoms with van der Waals surface area (Å²) in [5.74, 6) is 0.609. The Labute approximate surface area is 116 Å². The van der Waals surface area contributed by atoms with Crippen LogP contribution in [0.2, 0.25) is 0 Å². The van der Waals surface area contributed by atoms with Crippen LogP contribution in [0, 0.1) is 5.92 Å². The van der Waals surface area contributed by atoms with E-state index in [1.807, 2.05) is 6.20 Å². The van der Waals surface area contributed by atoms with Gasteiger partial charge in [0.05, 0.1) is 0 Å². The largest absolute Gasteiger partial charge is 0.396 e. The number of piperidine rings is 1. The molecule has 1 N–H and O–H groups in total. The number of nitrogens with zero attached hydrogens (tertiary/aromatic N) is 2. The van der Waals surface area contributed by atoms with Crippen LogP contribution in [0.15, 0.2) is 18.3 Å². The van der Waals surface area contributed by atoms with Crippen molar-refractivity contribution in [3.8, 4) is 0 Å². The Hall–Kier alpha value is -0.930. The fourth-order valence-corrected chi connectivity index (χ4v) is 3.14. The van der Waals surface area contributed by atoms with Gasteiger partial charge in [-0.3, -0.25) is 4.98 Å². The lowest BCUT2D eigenvalue weighted by molar-refractivity contribution is 0.142. The van der Waals surface area contributed by atoms with E-state index in [1.54, 1.807) is 0 Å². The van der Waals surface area contributed by atoms with E-state index in [0.717, 1.165) is 18.7 Å². The Morgan fingerprint density at radius 1 is 1.32 bits per heavy atom. The van der Waals surface area contributed by atoms with Crippen LogP contribution in [0.4, 0.5) is 0 Å².